The number of carbonyl (C=O) groups is 3. The highest BCUT2D eigenvalue weighted by Crippen LogP contribution is 2.53. The molecular formula is C34H39N3O7. The summed E-state index contributed by atoms with van der Waals surface area (Å²) in [5.74, 6) is -5.85. The van der Waals surface area contributed by atoms with Gasteiger partial charge in [-0.05, 0) is 99.1 Å². The van der Waals surface area contributed by atoms with E-state index >= 15 is 0 Å². The Hall–Kier alpha value is -3.99. The number of aliphatic hydroxyl groups is 3. The van der Waals surface area contributed by atoms with Crippen LogP contribution in [0.1, 0.15) is 42.9 Å². The molecule has 1 saturated carbocycles. The molecule has 6 rings (SSSR count). The summed E-state index contributed by atoms with van der Waals surface area (Å²) < 4.78 is 0. The van der Waals surface area contributed by atoms with Crippen LogP contribution in [-0.4, -0.2) is 86.5 Å². The van der Waals surface area contributed by atoms with Crippen LogP contribution in [0.4, 0.5) is 0 Å². The predicted octanol–water partition coefficient (Wildman–Crippen LogP) is 2.86. The fraction of sp³-hybridized carbons (Fsp3) is 0.441. The van der Waals surface area contributed by atoms with Gasteiger partial charge in [-0.25, -0.2) is 0 Å². The van der Waals surface area contributed by atoms with Gasteiger partial charge in [0, 0.05) is 18.0 Å². The molecule has 0 bridgehead atoms. The lowest BCUT2D eigenvalue weighted by Gasteiger charge is -2.50. The fourth-order valence-corrected chi connectivity index (χ4v) is 7.83. The van der Waals surface area contributed by atoms with E-state index in [-0.39, 0.29) is 29.7 Å². The maximum absolute atomic E-state index is 14.1. The minimum atomic E-state index is -2.65. The van der Waals surface area contributed by atoms with Gasteiger partial charge in [0.2, 0.25) is 5.78 Å². The number of likely N-dealkylation sites (N-methyl/N-ethyl adjacent to an activating group) is 1. The first-order chi connectivity index (χ1) is 20.8. The van der Waals surface area contributed by atoms with Gasteiger partial charge in [0.25, 0.3) is 5.91 Å². The summed E-state index contributed by atoms with van der Waals surface area (Å²) >= 11 is 0. The minimum Gasteiger partial charge on any atom is -0.508 e. The number of Topliss-reactive ketones (excluding diaryl/α,β-unsaturated/α-hetero) is 2. The van der Waals surface area contributed by atoms with Crippen molar-refractivity contribution in [3.63, 3.8) is 0 Å². The zero-order valence-electron chi connectivity index (χ0n) is 25.2. The topological polar surface area (TPSA) is 165 Å². The van der Waals surface area contributed by atoms with Crippen molar-refractivity contribution in [2.45, 2.75) is 50.8 Å². The van der Waals surface area contributed by atoms with Crippen molar-refractivity contribution in [1.29, 1.82) is 0 Å². The monoisotopic (exact) mass is 601 g/mol. The molecule has 232 valence electrons. The number of benzene rings is 2. The zero-order chi connectivity index (χ0) is 31.7. The number of primary amides is 1. The van der Waals surface area contributed by atoms with E-state index in [1.807, 2.05) is 12.1 Å². The molecule has 1 aliphatic heterocycles. The number of aromatic hydroxyl groups is 1. The number of piperidine rings is 1. The van der Waals surface area contributed by atoms with E-state index < -0.39 is 58.0 Å². The normalized spacial score (nSPS) is 27.8. The molecule has 1 amide bonds. The Kier molecular flexibility index (Phi) is 7.42. The van der Waals surface area contributed by atoms with Gasteiger partial charge in [-0.15, -0.1) is 0 Å². The highest BCUT2D eigenvalue weighted by molar-refractivity contribution is 6.24. The van der Waals surface area contributed by atoms with Crippen LogP contribution in [0.15, 0.2) is 53.3 Å². The molecule has 0 aromatic heterocycles. The van der Waals surface area contributed by atoms with Crippen molar-refractivity contribution >= 4 is 23.2 Å². The third kappa shape index (κ3) is 4.55. The summed E-state index contributed by atoms with van der Waals surface area (Å²) in [6.45, 7) is 5.20. The third-order valence-corrected chi connectivity index (χ3v) is 10.1. The van der Waals surface area contributed by atoms with Crippen LogP contribution in [0.3, 0.4) is 0 Å². The summed E-state index contributed by atoms with van der Waals surface area (Å²) in [5.41, 5.74) is 5.37. The molecule has 4 atom stereocenters. The van der Waals surface area contributed by atoms with Crippen LogP contribution < -0.4 is 5.73 Å². The van der Waals surface area contributed by atoms with E-state index in [0.717, 1.165) is 42.2 Å². The molecule has 2 aromatic carbocycles. The second-order valence-electron chi connectivity index (χ2n) is 13.1. The first-order valence-electron chi connectivity index (χ1n) is 15.2. The number of phenolic OH excluding ortho intramolecular Hbond substituents is 1. The lowest BCUT2D eigenvalue weighted by Crippen LogP contribution is -2.65. The minimum absolute atomic E-state index is 0.0499. The molecule has 3 aliphatic carbocycles. The Morgan fingerprint density at radius 1 is 1.09 bits per heavy atom. The van der Waals surface area contributed by atoms with Crippen LogP contribution >= 0.6 is 0 Å². The Labute approximate surface area is 256 Å². The molecule has 1 heterocycles. The van der Waals surface area contributed by atoms with E-state index in [9.17, 15) is 34.8 Å². The standard InChI is InChI=1S/C34H39N3O7/c1-17-9-11-37(12-10-17)16-18-5-4-6-19(13-18)21-7-8-24(38)26-22(21)14-20-15-23-28(36(2)3)30(40)27(33(35)43)32(42)34(23,44)31(41)25(20)29(26)39/h4-8,13,17,20,23,28,38-39,42,44H,9-12,14-16H2,1-3H3,(H2,35,43)/t20-,23-,28-,34-/m0/s1. The van der Waals surface area contributed by atoms with Crippen molar-refractivity contribution in [2.75, 3.05) is 27.2 Å². The Morgan fingerprint density at radius 3 is 2.45 bits per heavy atom. The van der Waals surface area contributed by atoms with E-state index in [1.165, 1.54) is 23.8 Å². The number of aliphatic hydroxyl groups excluding tert-OH is 2. The number of hydrogen-bond acceptors (Lipinski definition) is 9. The summed E-state index contributed by atoms with van der Waals surface area (Å²) in [7, 11) is 3.17. The van der Waals surface area contributed by atoms with E-state index in [0.29, 0.717) is 5.56 Å². The molecule has 6 N–H and O–H groups in total. The number of ketones is 2. The molecule has 0 spiro atoms. The molecule has 10 nitrogen and oxygen atoms in total. The first-order valence-corrected chi connectivity index (χ1v) is 15.2. The highest BCUT2D eigenvalue weighted by Gasteiger charge is 2.64. The molecule has 10 heteroatoms. The van der Waals surface area contributed by atoms with Gasteiger partial charge < -0.3 is 26.2 Å². The van der Waals surface area contributed by atoms with Gasteiger partial charge in [-0.2, -0.15) is 0 Å². The molecule has 0 unspecified atom stereocenters. The molecule has 2 fully saturated rings. The third-order valence-electron chi connectivity index (χ3n) is 10.1. The van der Waals surface area contributed by atoms with Crippen molar-refractivity contribution < 1.29 is 34.8 Å². The van der Waals surface area contributed by atoms with Crippen molar-refractivity contribution in [2.24, 2.45) is 23.5 Å². The van der Waals surface area contributed by atoms with Crippen molar-refractivity contribution in [3.05, 3.63) is 70.0 Å². The van der Waals surface area contributed by atoms with Crippen molar-refractivity contribution in [3.8, 4) is 16.9 Å². The molecule has 0 radical (unpaired) electrons. The van der Waals surface area contributed by atoms with Crippen LogP contribution in [-0.2, 0) is 27.3 Å². The van der Waals surface area contributed by atoms with E-state index in [4.69, 9.17) is 5.73 Å². The Morgan fingerprint density at radius 2 is 1.80 bits per heavy atom. The summed E-state index contributed by atoms with van der Waals surface area (Å²) in [6.07, 6.45) is 2.64. The molecule has 1 saturated heterocycles. The second kappa shape index (κ2) is 10.9. The Bertz CT molecular complexity index is 1640. The van der Waals surface area contributed by atoms with Crippen molar-refractivity contribution in [1.82, 2.24) is 9.80 Å². The fourth-order valence-electron chi connectivity index (χ4n) is 7.83. The van der Waals surface area contributed by atoms with Crippen LogP contribution in [0, 0.1) is 17.8 Å². The lowest BCUT2D eigenvalue weighted by atomic mass is 9.57. The van der Waals surface area contributed by atoms with E-state index in [1.54, 1.807) is 20.2 Å². The average Bonchev–Trinajstić information content (AvgIpc) is 2.96. The van der Waals surface area contributed by atoms with Gasteiger partial charge >= 0.3 is 0 Å². The van der Waals surface area contributed by atoms with Crippen LogP contribution in [0.25, 0.3) is 16.9 Å². The SMILES string of the molecule is CC1CCN(Cc2cccc(-c3ccc(O)c4c3C[C@H]3C[C@H]5[C@H](N(C)C)C(=O)C(C(N)=O)=C(O)[C@@]5(O)C(=O)C3=C4O)c2)CC1. The van der Waals surface area contributed by atoms with Gasteiger partial charge in [0.15, 0.2) is 11.4 Å². The number of amides is 1. The van der Waals surface area contributed by atoms with Gasteiger partial charge in [0.1, 0.15) is 22.8 Å². The average molecular weight is 602 g/mol. The summed E-state index contributed by atoms with van der Waals surface area (Å²) in [4.78, 5) is 43.6. The maximum atomic E-state index is 14.1. The maximum Gasteiger partial charge on any atom is 0.255 e. The number of phenols is 1. The first kappa shape index (κ1) is 30.1. The number of likely N-dealkylation sites (tertiary alicyclic amines) is 1. The summed E-state index contributed by atoms with van der Waals surface area (Å²) in [6, 6.07) is 10.3. The zero-order valence-corrected chi connectivity index (χ0v) is 25.2. The number of fused-ring (bicyclic) bond motifs is 3. The number of rotatable bonds is 5. The van der Waals surface area contributed by atoms with Gasteiger partial charge in [-0.1, -0.05) is 31.2 Å². The highest BCUT2D eigenvalue weighted by atomic mass is 16.3. The van der Waals surface area contributed by atoms with E-state index in [2.05, 4.69) is 24.0 Å². The lowest BCUT2D eigenvalue weighted by molar-refractivity contribution is -0.153. The second-order valence-corrected chi connectivity index (χ2v) is 13.1. The molecular weight excluding hydrogens is 562 g/mol. The van der Waals surface area contributed by atoms with Crippen LogP contribution in [0.2, 0.25) is 0 Å². The summed E-state index contributed by atoms with van der Waals surface area (Å²) in [5, 5.41) is 45.3. The van der Waals surface area contributed by atoms with Gasteiger partial charge in [-0.3, -0.25) is 24.2 Å². The van der Waals surface area contributed by atoms with Gasteiger partial charge in [0.05, 0.1) is 11.6 Å². The number of nitrogens with two attached hydrogens (primary N) is 1. The van der Waals surface area contributed by atoms with Crippen LogP contribution in [0.5, 0.6) is 5.75 Å². The molecule has 44 heavy (non-hydrogen) atoms. The smallest absolute Gasteiger partial charge is 0.255 e. The predicted molar refractivity (Wildman–Crippen MR) is 163 cm³/mol. The number of hydrogen-bond donors (Lipinski definition) is 5. The molecule has 2 aromatic rings. The largest absolute Gasteiger partial charge is 0.508 e. The number of carbonyl (C=O) groups excluding carboxylic acids is 3. The molecule has 4 aliphatic rings. The Balaban J connectivity index is 1.44. The quantitative estimate of drug-likeness (QED) is 0.324. The number of nitrogens with zero attached hydrogens (tertiary/aromatic N) is 2.